The summed E-state index contributed by atoms with van der Waals surface area (Å²) in [5, 5.41) is 12.3. The minimum Gasteiger partial charge on any atom is -0.480 e. The van der Waals surface area contributed by atoms with Crippen molar-refractivity contribution in [2.45, 2.75) is 45.2 Å². The molecular formula is C18H21N3O3. The number of fused-ring (bicyclic) bond motifs is 1. The van der Waals surface area contributed by atoms with E-state index >= 15 is 0 Å². The molecule has 0 saturated heterocycles. The van der Waals surface area contributed by atoms with Crippen molar-refractivity contribution in [2.24, 2.45) is 0 Å². The van der Waals surface area contributed by atoms with Crippen molar-refractivity contribution in [3.8, 4) is 0 Å². The maximum Gasteiger partial charge on any atom is 0.326 e. The number of hydrogen-bond acceptors (Lipinski definition) is 4. The van der Waals surface area contributed by atoms with E-state index in [4.69, 9.17) is 0 Å². The van der Waals surface area contributed by atoms with Gasteiger partial charge >= 0.3 is 5.97 Å². The third-order valence-corrected chi connectivity index (χ3v) is 4.42. The van der Waals surface area contributed by atoms with Crippen molar-refractivity contribution >= 4 is 11.8 Å². The summed E-state index contributed by atoms with van der Waals surface area (Å²) in [6.45, 7) is 4.74. The average molecular weight is 327 g/mol. The van der Waals surface area contributed by atoms with Gasteiger partial charge in [-0.15, -0.1) is 0 Å². The SMILES string of the molecule is CC(C)c1cccc(CNc2ncc3n(c2=O)[C@H](C(=O)O)CC3)c1. The Morgan fingerprint density at radius 2 is 2.25 bits per heavy atom. The predicted octanol–water partition coefficient (Wildman–Crippen LogP) is 2.55. The first-order valence-electron chi connectivity index (χ1n) is 8.13. The average Bonchev–Trinajstić information content (AvgIpc) is 2.99. The Morgan fingerprint density at radius 3 is 2.96 bits per heavy atom. The maximum absolute atomic E-state index is 12.5. The van der Waals surface area contributed by atoms with Gasteiger partial charge in [-0.3, -0.25) is 9.36 Å². The van der Waals surface area contributed by atoms with Crippen LogP contribution >= 0.6 is 0 Å². The highest BCUT2D eigenvalue weighted by Crippen LogP contribution is 2.24. The minimum absolute atomic E-state index is 0.196. The highest BCUT2D eigenvalue weighted by Gasteiger charge is 2.30. The summed E-state index contributed by atoms with van der Waals surface area (Å²) in [6.07, 6.45) is 2.60. The van der Waals surface area contributed by atoms with Gasteiger partial charge in [0.25, 0.3) is 5.56 Å². The number of rotatable bonds is 5. The van der Waals surface area contributed by atoms with E-state index in [9.17, 15) is 14.7 Å². The number of aromatic nitrogens is 2. The molecule has 0 spiro atoms. The number of anilines is 1. The number of aliphatic carboxylic acids is 1. The fraction of sp³-hybridized carbons (Fsp3) is 0.389. The van der Waals surface area contributed by atoms with Crippen LogP contribution in [0.1, 0.15) is 49.0 Å². The topological polar surface area (TPSA) is 84.2 Å². The lowest BCUT2D eigenvalue weighted by molar-refractivity contribution is -0.140. The van der Waals surface area contributed by atoms with Crippen molar-refractivity contribution in [2.75, 3.05) is 5.32 Å². The Balaban J connectivity index is 1.82. The van der Waals surface area contributed by atoms with Crippen LogP contribution in [0.4, 0.5) is 5.82 Å². The Bertz CT molecular complexity index is 826. The fourth-order valence-corrected chi connectivity index (χ4v) is 3.04. The van der Waals surface area contributed by atoms with Gasteiger partial charge in [-0.05, 0) is 29.9 Å². The lowest BCUT2D eigenvalue weighted by Crippen LogP contribution is -2.30. The van der Waals surface area contributed by atoms with E-state index < -0.39 is 12.0 Å². The van der Waals surface area contributed by atoms with E-state index in [1.165, 1.54) is 10.1 Å². The van der Waals surface area contributed by atoms with Gasteiger partial charge < -0.3 is 10.4 Å². The third-order valence-electron chi connectivity index (χ3n) is 4.42. The number of hydrogen-bond donors (Lipinski definition) is 2. The van der Waals surface area contributed by atoms with Crippen molar-refractivity contribution in [3.63, 3.8) is 0 Å². The fourth-order valence-electron chi connectivity index (χ4n) is 3.04. The molecule has 1 atom stereocenters. The van der Waals surface area contributed by atoms with E-state index in [0.717, 1.165) is 5.56 Å². The molecule has 2 heterocycles. The van der Waals surface area contributed by atoms with E-state index in [-0.39, 0.29) is 11.4 Å². The first-order valence-corrected chi connectivity index (χ1v) is 8.13. The smallest absolute Gasteiger partial charge is 0.326 e. The van der Waals surface area contributed by atoms with Crippen LogP contribution in [0.5, 0.6) is 0 Å². The van der Waals surface area contributed by atoms with Gasteiger partial charge in [-0.2, -0.15) is 0 Å². The van der Waals surface area contributed by atoms with Crippen molar-refractivity contribution in [1.82, 2.24) is 9.55 Å². The summed E-state index contributed by atoms with van der Waals surface area (Å²) in [5.41, 5.74) is 2.61. The molecule has 2 aromatic rings. The van der Waals surface area contributed by atoms with Crippen LogP contribution in [0.3, 0.4) is 0 Å². The molecule has 1 aromatic heterocycles. The molecule has 0 amide bonds. The maximum atomic E-state index is 12.5. The first kappa shape index (κ1) is 16.2. The van der Waals surface area contributed by atoms with Crippen LogP contribution < -0.4 is 10.9 Å². The van der Waals surface area contributed by atoms with E-state index in [1.54, 1.807) is 6.20 Å². The highest BCUT2D eigenvalue weighted by molar-refractivity contribution is 5.72. The molecule has 1 aliphatic heterocycles. The Kier molecular flexibility index (Phi) is 4.38. The monoisotopic (exact) mass is 327 g/mol. The number of benzene rings is 1. The van der Waals surface area contributed by atoms with Gasteiger partial charge in [0.2, 0.25) is 0 Å². The molecule has 0 bridgehead atoms. The third kappa shape index (κ3) is 3.04. The van der Waals surface area contributed by atoms with Crippen LogP contribution in [-0.2, 0) is 17.8 Å². The largest absolute Gasteiger partial charge is 0.480 e. The standard InChI is InChI=1S/C18H21N3O3/c1-11(2)13-5-3-4-12(8-13)9-19-16-17(22)21-14(10-20-16)6-7-15(21)18(23)24/h3-5,8,10-11,15H,6-7,9H2,1-2H3,(H,19,20)(H,23,24)/t15-/m0/s1. The zero-order chi connectivity index (χ0) is 17.3. The number of carboxylic acids is 1. The quantitative estimate of drug-likeness (QED) is 0.881. The summed E-state index contributed by atoms with van der Waals surface area (Å²) < 4.78 is 1.35. The minimum atomic E-state index is -0.974. The van der Waals surface area contributed by atoms with Crippen molar-refractivity contribution in [1.29, 1.82) is 0 Å². The molecule has 0 unspecified atom stereocenters. The second kappa shape index (κ2) is 6.47. The molecule has 0 aliphatic carbocycles. The van der Waals surface area contributed by atoms with Gasteiger partial charge in [0.1, 0.15) is 6.04 Å². The second-order valence-electron chi connectivity index (χ2n) is 6.42. The molecule has 6 nitrogen and oxygen atoms in total. The Hall–Kier alpha value is -2.63. The summed E-state index contributed by atoms with van der Waals surface area (Å²) in [7, 11) is 0. The Labute approximate surface area is 140 Å². The molecule has 0 fully saturated rings. The summed E-state index contributed by atoms with van der Waals surface area (Å²) in [6, 6.07) is 7.37. The molecule has 1 aliphatic rings. The number of nitrogens with one attached hydrogen (secondary N) is 1. The van der Waals surface area contributed by atoms with Gasteiger partial charge in [-0.1, -0.05) is 38.1 Å². The molecule has 6 heteroatoms. The van der Waals surface area contributed by atoms with Gasteiger partial charge in [0.15, 0.2) is 5.82 Å². The van der Waals surface area contributed by atoms with E-state index in [1.807, 2.05) is 12.1 Å². The zero-order valence-corrected chi connectivity index (χ0v) is 13.8. The highest BCUT2D eigenvalue weighted by atomic mass is 16.4. The normalized spacial score (nSPS) is 16.2. The van der Waals surface area contributed by atoms with Gasteiger partial charge in [-0.25, -0.2) is 9.78 Å². The molecule has 2 N–H and O–H groups in total. The van der Waals surface area contributed by atoms with Gasteiger partial charge in [0.05, 0.1) is 0 Å². The predicted molar refractivity (Wildman–Crippen MR) is 91.3 cm³/mol. The number of carbonyl (C=O) groups is 1. The van der Waals surface area contributed by atoms with E-state index in [2.05, 4.69) is 36.3 Å². The van der Waals surface area contributed by atoms with Crippen molar-refractivity contribution in [3.05, 3.63) is 57.6 Å². The van der Waals surface area contributed by atoms with Crippen LogP contribution in [0.15, 0.2) is 35.3 Å². The van der Waals surface area contributed by atoms with Crippen LogP contribution in [0.2, 0.25) is 0 Å². The molecule has 0 radical (unpaired) electrons. The molecule has 126 valence electrons. The molecule has 1 aromatic carbocycles. The van der Waals surface area contributed by atoms with E-state index in [0.29, 0.717) is 31.0 Å². The number of nitrogens with zero attached hydrogens (tertiary/aromatic N) is 2. The molecule has 0 saturated carbocycles. The second-order valence-corrected chi connectivity index (χ2v) is 6.42. The lowest BCUT2D eigenvalue weighted by atomic mass is 10.0. The Morgan fingerprint density at radius 1 is 1.46 bits per heavy atom. The zero-order valence-electron chi connectivity index (χ0n) is 13.8. The molecule has 24 heavy (non-hydrogen) atoms. The number of carboxylic acid groups (broad SMARTS) is 1. The van der Waals surface area contributed by atoms with Crippen LogP contribution in [0, 0.1) is 0 Å². The summed E-state index contributed by atoms with van der Waals surface area (Å²) in [5.74, 6) is -0.343. The van der Waals surface area contributed by atoms with Crippen molar-refractivity contribution < 1.29 is 9.90 Å². The summed E-state index contributed by atoms with van der Waals surface area (Å²) >= 11 is 0. The van der Waals surface area contributed by atoms with Crippen LogP contribution in [0.25, 0.3) is 0 Å². The van der Waals surface area contributed by atoms with Gasteiger partial charge in [0, 0.05) is 18.4 Å². The molecular weight excluding hydrogens is 306 g/mol. The first-order chi connectivity index (χ1) is 11.5. The lowest BCUT2D eigenvalue weighted by Gasteiger charge is -2.13. The number of aryl methyl sites for hydroxylation is 1. The summed E-state index contributed by atoms with van der Waals surface area (Å²) in [4.78, 5) is 28.0. The van der Waals surface area contributed by atoms with Crippen LogP contribution in [-0.4, -0.2) is 20.6 Å². The molecule has 3 rings (SSSR count).